The van der Waals surface area contributed by atoms with Crippen LogP contribution in [-0.4, -0.2) is 27.0 Å². The molecule has 1 aromatic carbocycles. The Labute approximate surface area is 120 Å². The van der Waals surface area contributed by atoms with Gasteiger partial charge in [-0.3, -0.25) is 0 Å². The molecule has 1 heterocycles. The van der Waals surface area contributed by atoms with Gasteiger partial charge in [0.1, 0.15) is 12.4 Å². The summed E-state index contributed by atoms with van der Waals surface area (Å²) in [6, 6.07) is 5.51. The zero-order chi connectivity index (χ0) is 13.8. The lowest BCUT2D eigenvalue weighted by atomic mass is 10.2. The second-order valence-corrected chi connectivity index (χ2v) is 5.24. The van der Waals surface area contributed by atoms with E-state index in [0.29, 0.717) is 16.6 Å². The van der Waals surface area contributed by atoms with E-state index >= 15 is 0 Å². The van der Waals surface area contributed by atoms with Crippen molar-refractivity contribution in [2.45, 2.75) is 17.5 Å². The van der Waals surface area contributed by atoms with Gasteiger partial charge in [0.05, 0.1) is 7.11 Å². The first kappa shape index (κ1) is 14.2. The molecule has 0 amide bonds. The van der Waals surface area contributed by atoms with Crippen molar-refractivity contribution in [1.29, 1.82) is 0 Å². The molecule has 0 radical (unpaired) electrons. The number of methoxy groups -OCH3 is 1. The van der Waals surface area contributed by atoms with Crippen molar-refractivity contribution in [3.8, 4) is 5.75 Å². The standard InChI is InChI=1S/C12H14ClN3O2S/c1-16-11(6-17)14-15-12(16)19-7-8-5-9(13)3-4-10(8)18-2/h3-5,17H,6-7H2,1-2H3. The Hall–Kier alpha value is -1.24. The van der Waals surface area contributed by atoms with Crippen LogP contribution in [0.1, 0.15) is 11.4 Å². The molecule has 0 aliphatic heterocycles. The molecule has 0 bridgehead atoms. The van der Waals surface area contributed by atoms with E-state index in [4.69, 9.17) is 21.4 Å². The molecule has 0 spiro atoms. The summed E-state index contributed by atoms with van der Waals surface area (Å²) in [7, 11) is 3.45. The van der Waals surface area contributed by atoms with Crippen LogP contribution in [0, 0.1) is 0 Å². The molecule has 5 nitrogen and oxygen atoms in total. The zero-order valence-electron chi connectivity index (χ0n) is 10.6. The van der Waals surface area contributed by atoms with Gasteiger partial charge in [0.15, 0.2) is 11.0 Å². The van der Waals surface area contributed by atoms with Crippen LogP contribution < -0.4 is 4.74 Å². The molecule has 2 aromatic rings. The minimum atomic E-state index is -0.120. The lowest BCUT2D eigenvalue weighted by molar-refractivity contribution is 0.266. The monoisotopic (exact) mass is 299 g/mol. The van der Waals surface area contributed by atoms with E-state index in [1.54, 1.807) is 17.7 Å². The fraction of sp³-hybridized carbons (Fsp3) is 0.333. The van der Waals surface area contributed by atoms with Crippen LogP contribution in [0.5, 0.6) is 5.75 Å². The van der Waals surface area contributed by atoms with Gasteiger partial charge in [-0.05, 0) is 18.2 Å². The molecule has 7 heteroatoms. The fourth-order valence-electron chi connectivity index (χ4n) is 1.61. The third-order valence-corrected chi connectivity index (χ3v) is 3.97. The second kappa shape index (κ2) is 6.27. The van der Waals surface area contributed by atoms with Crippen LogP contribution >= 0.6 is 23.4 Å². The molecule has 0 saturated heterocycles. The van der Waals surface area contributed by atoms with Gasteiger partial charge in [0.2, 0.25) is 0 Å². The largest absolute Gasteiger partial charge is 0.496 e. The maximum atomic E-state index is 9.07. The number of hydrogen-bond acceptors (Lipinski definition) is 5. The average molecular weight is 300 g/mol. The first-order valence-corrected chi connectivity index (χ1v) is 6.96. The summed E-state index contributed by atoms with van der Waals surface area (Å²) < 4.78 is 7.06. The Balaban J connectivity index is 2.13. The summed E-state index contributed by atoms with van der Waals surface area (Å²) in [6.45, 7) is -0.120. The highest BCUT2D eigenvalue weighted by molar-refractivity contribution is 7.98. The number of halogens is 1. The van der Waals surface area contributed by atoms with Crippen molar-refractivity contribution >= 4 is 23.4 Å². The van der Waals surface area contributed by atoms with E-state index in [0.717, 1.165) is 16.5 Å². The number of ether oxygens (including phenoxy) is 1. The van der Waals surface area contributed by atoms with Gasteiger partial charge in [0, 0.05) is 23.4 Å². The molecule has 0 aliphatic carbocycles. The third-order valence-electron chi connectivity index (χ3n) is 2.67. The Kier molecular flexibility index (Phi) is 4.68. The summed E-state index contributed by atoms with van der Waals surface area (Å²) in [4.78, 5) is 0. The summed E-state index contributed by atoms with van der Waals surface area (Å²) >= 11 is 7.50. The normalized spacial score (nSPS) is 10.7. The molecule has 1 aromatic heterocycles. The van der Waals surface area contributed by atoms with Crippen molar-refractivity contribution < 1.29 is 9.84 Å². The van der Waals surface area contributed by atoms with Crippen LogP contribution in [0.2, 0.25) is 5.02 Å². The maximum absolute atomic E-state index is 9.07. The highest BCUT2D eigenvalue weighted by atomic mass is 35.5. The molecule has 2 rings (SSSR count). The van der Waals surface area contributed by atoms with Crippen molar-refractivity contribution in [2.24, 2.45) is 7.05 Å². The first-order valence-electron chi connectivity index (χ1n) is 5.60. The molecule has 102 valence electrons. The Morgan fingerprint density at radius 3 is 2.84 bits per heavy atom. The average Bonchev–Trinajstić information content (AvgIpc) is 2.77. The third kappa shape index (κ3) is 3.20. The number of aromatic nitrogens is 3. The Morgan fingerprint density at radius 2 is 2.21 bits per heavy atom. The SMILES string of the molecule is COc1ccc(Cl)cc1CSc1nnc(CO)n1C. The number of aliphatic hydroxyl groups is 1. The summed E-state index contributed by atoms with van der Waals surface area (Å²) in [5, 5.41) is 18.4. The van der Waals surface area contributed by atoms with Crippen LogP contribution in [0.4, 0.5) is 0 Å². The summed E-state index contributed by atoms with van der Waals surface area (Å²) in [5.41, 5.74) is 0.994. The van der Waals surface area contributed by atoms with Crippen molar-refractivity contribution in [2.75, 3.05) is 7.11 Å². The predicted octanol–water partition coefficient (Wildman–Crippen LogP) is 2.26. The quantitative estimate of drug-likeness (QED) is 0.858. The van der Waals surface area contributed by atoms with E-state index in [9.17, 15) is 0 Å². The number of thioether (sulfide) groups is 1. The lowest BCUT2D eigenvalue weighted by Crippen LogP contribution is -1.98. The molecule has 0 saturated carbocycles. The predicted molar refractivity (Wildman–Crippen MR) is 74.5 cm³/mol. The minimum Gasteiger partial charge on any atom is -0.496 e. The van der Waals surface area contributed by atoms with Gasteiger partial charge in [0.25, 0.3) is 0 Å². The lowest BCUT2D eigenvalue weighted by Gasteiger charge is -2.08. The van der Waals surface area contributed by atoms with Crippen LogP contribution in [0.25, 0.3) is 0 Å². The molecule has 0 unspecified atom stereocenters. The summed E-state index contributed by atoms with van der Waals surface area (Å²) in [6.07, 6.45) is 0. The fourth-order valence-corrected chi connectivity index (χ4v) is 2.71. The van der Waals surface area contributed by atoms with Crippen molar-refractivity contribution in [3.05, 3.63) is 34.6 Å². The maximum Gasteiger partial charge on any atom is 0.191 e. The van der Waals surface area contributed by atoms with Gasteiger partial charge in [-0.15, -0.1) is 10.2 Å². The van der Waals surface area contributed by atoms with Crippen LogP contribution in [0.15, 0.2) is 23.4 Å². The van der Waals surface area contributed by atoms with Gasteiger partial charge < -0.3 is 14.4 Å². The molecule has 0 aliphatic rings. The number of benzene rings is 1. The highest BCUT2D eigenvalue weighted by Crippen LogP contribution is 2.29. The smallest absolute Gasteiger partial charge is 0.191 e. The molecule has 1 N–H and O–H groups in total. The molecule has 0 fully saturated rings. The molecule has 0 atom stereocenters. The Morgan fingerprint density at radius 1 is 1.42 bits per heavy atom. The number of rotatable bonds is 5. The van der Waals surface area contributed by atoms with Crippen LogP contribution in [-0.2, 0) is 19.4 Å². The van der Waals surface area contributed by atoms with Crippen LogP contribution in [0.3, 0.4) is 0 Å². The molecular weight excluding hydrogens is 286 g/mol. The highest BCUT2D eigenvalue weighted by Gasteiger charge is 2.10. The molecule has 19 heavy (non-hydrogen) atoms. The zero-order valence-corrected chi connectivity index (χ0v) is 12.2. The van der Waals surface area contributed by atoms with E-state index in [1.165, 1.54) is 11.8 Å². The Bertz CT molecular complexity index is 574. The number of nitrogens with zero attached hydrogens (tertiary/aromatic N) is 3. The summed E-state index contributed by atoms with van der Waals surface area (Å²) in [5.74, 6) is 2.00. The van der Waals surface area contributed by atoms with Gasteiger partial charge >= 0.3 is 0 Å². The van der Waals surface area contributed by atoms with E-state index in [1.807, 2.05) is 19.2 Å². The minimum absolute atomic E-state index is 0.120. The van der Waals surface area contributed by atoms with E-state index in [-0.39, 0.29) is 6.61 Å². The van der Waals surface area contributed by atoms with Crippen molar-refractivity contribution in [1.82, 2.24) is 14.8 Å². The number of hydrogen-bond donors (Lipinski definition) is 1. The topological polar surface area (TPSA) is 60.2 Å². The van der Waals surface area contributed by atoms with Crippen molar-refractivity contribution in [3.63, 3.8) is 0 Å². The first-order chi connectivity index (χ1) is 9.15. The number of aliphatic hydroxyl groups excluding tert-OH is 1. The second-order valence-electron chi connectivity index (χ2n) is 3.86. The molecular formula is C12H14ClN3O2S. The van der Waals surface area contributed by atoms with Gasteiger partial charge in [-0.25, -0.2) is 0 Å². The van der Waals surface area contributed by atoms with Gasteiger partial charge in [-0.1, -0.05) is 23.4 Å². The van der Waals surface area contributed by atoms with E-state index in [2.05, 4.69) is 10.2 Å². The van der Waals surface area contributed by atoms with Gasteiger partial charge in [-0.2, -0.15) is 0 Å². The van der Waals surface area contributed by atoms with E-state index < -0.39 is 0 Å².